The van der Waals surface area contributed by atoms with Crippen LogP contribution in [-0.4, -0.2) is 30.7 Å². The van der Waals surface area contributed by atoms with Crippen molar-refractivity contribution in [3.63, 3.8) is 0 Å². The Morgan fingerprint density at radius 3 is 1.19 bits per heavy atom. The number of hydrogen-bond acceptors (Lipinski definition) is 3. The van der Waals surface area contributed by atoms with Gasteiger partial charge in [0.1, 0.15) is 0 Å². The lowest BCUT2D eigenvalue weighted by Gasteiger charge is -2.06. The summed E-state index contributed by atoms with van der Waals surface area (Å²) in [4.78, 5) is 0. The lowest BCUT2D eigenvalue weighted by Crippen LogP contribution is -1.97. The van der Waals surface area contributed by atoms with Crippen LogP contribution in [0, 0.1) is 11.8 Å². The molecule has 0 unspecified atom stereocenters. The molecule has 6 heteroatoms. The number of rotatable bonds is 16. The van der Waals surface area contributed by atoms with Crippen LogP contribution in [0.25, 0.3) is 0 Å². The predicted octanol–water partition coefficient (Wildman–Crippen LogP) is 6.34. The van der Waals surface area contributed by atoms with Gasteiger partial charge in [0.15, 0.2) is 0 Å². The Bertz CT molecular complexity index is 338. The van der Waals surface area contributed by atoms with E-state index in [0.29, 0.717) is 0 Å². The maximum atomic E-state index is 8.74. The minimum Gasteiger partial charge on any atom is -0.381 e. The Balaban J connectivity index is 0. The van der Waals surface area contributed by atoms with Crippen LogP contribution < -0.4 is 0 Å². The van der Waals surface area contributed by atoms with Crippen LogP contribution in [0.15, 0.2) is 0 Å². The number of ether oxygens (including phenoxy) is 1. The zero-order valence-corrected chi connectivity index (χ0v) is 18.4. The van der Waals surface area contributed by atoms with Crippen LogP contribution >= 0.6 is 0 Å². The van der Waals surface area contributed by atoms with Crippen molar-refractivity contribution in [1.29, 1.82) is 0 Å². The standard InChI is InChI=1S/C20H42O.H2O4S/c1-19(2)15-11-7-5-9-13-17-21-18-14-10-6-8-12-16-20(3)4;1-5(2,3)4/h19-20H,5-18H2,1-4H3;(H2,1,2,3,4). The fourth-order valence-electron chi connectivity index (χ4n) is 2.68. The lowest BCUT2D eigenvalue weighted by atomic mass is 10.0. The highest BCUT2D eigenvalue weighted by molar-refractivity contribution is 7.79. The summed E-state index contributed by atoms with van der Waals surface area (Å²) in [6.45, 7) is 11.2. The molecule has 0 spiro atoms. The SMILES string of the molecule is CC(C)CCCCCCCOCCCCCCCC(C)C.O=S(=O)(O)O. The quantitative estimate of drug-likeness (QED) is 0.235. The third kappa shape index (κ3) is 39.1. The number of unbranched alkanes of at least 4 members (excludes halogenated alkanes) is 8. The van der Waals surface area contributed by atoms with E-state index < -0.39 is 10.4 Å². The highest BCUT2D eigenvalue weighted by atomic mass is 32.3. The van der Waals surface area contributed by atoms with Crippen molar-refractivity contribution < 1.29 is 22.3 Å². The molecule has 160 valence electrons. The van der Waals surface area contributed by atoms with Gasteiger partial charge in [-0.05, 0) is 24.7 Å². The van der Waals surface area contributed by atoms with E-state index >= 15 is 0 Å². The average molecular weight is 397 g/mol. The van der Waals surface area contributed by atoms with E-state index in [0.717, 1.165) is 25.0 Å². The second-order valence-corrected chi connectivity index (χ2v) is 8.86. The first-order chi connectivity index (χ1) is 12.1. The molecule has 0 bridgehead atoms. The Morgan fingerprint density at radius 2 is 0.885 bits per heavy atom. The second-order valence-electron chi connectivity index (χ2n) is 7.96. The van der Waals surface area contributed by atoms with Gasteiger partial charge in [0.2, 0.25) is 0 Å². The Hall–Kier alpha value is -0.170. The molecule has 26 heavy (non-hydrogen) atoms. The predicted molar refractivity (Wildman–Crippen MR) is 110 cm³/mol. The summed E-state index contributed by atoms with van der Waals surface area (Å²) in [6, 6.07) is 0. The van der Waals surface area contributed by atoms with Gasteiger partial charge in [0.05, 0.1) is 0 Å². The molecular weight excluding hydrogens is 352 g/mol. The molecule has 0 amide bonds. The first-order valence-electron chi connectivity index (χ1n) is 10.4. The van der Waals surface area contributed by atoms with Crippen molar-refractivity contribution in [2.24, 2.45) is 11.8 Å². The van der Waals surface area contributed by atoms with Crippen LogP contribution in [0.4, 0.5) is 0 Å². The van der Waals surface area contributed by atoms with Gasteiger partial charge in [0.25, 0.3) is 0 Å². The largest absolute Gasteiger partial charge is 0.394 e. The average Bonchev–Trinajstić information content (AvgIpc) is 2.49. The molecule has 0 aliphatic rings. The highest BCUT2D eigenvalue weighted by Gasteiger charge is 1.96. The topological polar surface area (TPSA) is 83.8 Å². The Morgan fingerprint density at radius 1 is 0.615 bits per heavy atom. The summed E-state index contributed by atoms with van der Waals surface area (Å²) in [5, 5.41) is 0. The van der Waals surface area contributed by atoms with Crippen molar-refractivity contribution in [2.45, 2.75) is 105 Å². The zero-order valence-electron chi connectivity index (χ0n) is 17.6. The van der Waals surface area contributed by atoms with Crippen molar-refractivity contribution in [3.8, 4) is 0 Å². The van der Waals surface area contributed by atoms with Crippen molar-refractivity contribution in [1.82, 2.24) is 0 Å². The normalized spacial score (nSPS) is 11.7. The minimum absolute atomic E-state index is 0.874. The molecule has 2 N–H and O–H groups in total. The molecule has 0 rings (SSSR count). The van der Waals surface area contributed by atoms with Crippen molar-refractivity contribution >= 4 is 10.4 Å². The van der Waals surface area contributed by atoms with Crippen molar-refractivity contribution in [3.05, 3.63) is 0 Å². The van der Waals surface area contributed by atoms with Crippen LogP contribution in [-0.2, 0) is 15.1 Å². The minimum atomic E-state index is -4.67. The monoisotopic (exact) mass is 396 g/mol. The molecule has 0 aromatic heterocycles. The van der Waals surface area contributed by atoms with Gasteiger partial charge in [0, 0.05) is 13.2 Å². The maximum absolute atomic E-state index is 8.74. The van der Waals surface area contributed by atoms with E-state index in [9.17, 15) is 0 Å². The molecule has 0 aromatic rings. The highest BCUT2D eigenvalue weighted by Crippen LogP contribution is 2.11. The van der Waals surface area contributed by atoms with E-state index in [1.807, 2.05) is 0 Å². The van der Waals surface area contributed by atoms with Crippen LogP contribution in [0.3, 0.4) is 0 Å². The third-order valence-electron chi connectivity index (χ3n) is 4.14. The Labute approximate surface area is 162 Å². The molecule has 0 heterocycles. The maximum Gasteiger partial charge on any atom is 0.394 e. The van der Waals surface area contributed by atoms with E-state index in [1.165, 1.54) is 77.0 Å². The molecule has 0 aliphatic heterocycles. The zero-order chi connectivity index (χ0) is 20.3. The smallest absolute Gasteiger partial charge is 0.381 e. The van der Waals surface area contributed by atoms with Crippen molar-refractivity contribution in [2.75, 3.05) is 13.2 Å². The van der Waals surface area contributed by atoms with Gasteiger partial charge in [-0.2, -0.15) is 8.42 Å². The first kappa shape index (κ1) is 28.0. The van der Waals surface area contributed by atoms with Crippen LogP contribution in [0.5, 0.6) is 0 Å². The van der Waals surface area contributed by atoms with Gasteiger partial charge in [-0.1, -0.05) is 91.9 Å². The molecule has 0 saturated heterocycles. The van der Waals surface area contributed by atoms with Gasteiger partial charge < -0.3 is 4.74 Å². The lowest BCUT2D eigenvalue weighted by molar-refractivity contribution is 0.125. The summed E-state index contributed by atoms with van der Waals surface area (Å²) < 4.78 is 37.3. The summed E-state index contributed by atoms with van der Waals surface area (Å²) in [5.41, 5.74) is 0. The Kier molecular flexibility index (Phi) is 21.1. The summed E-state index contributed by atoms with van der Waals surface area (Å²) in [5.74, 6) is 1.75. The van der Waals surface area contributed by atoms with E-state index in [4.69, 9.17) is 22.3 Å². The molecular formula is C20H44O5S. The summed E-state index contributed by atoms with van der Waals surface area (Å²) in [6.07, 6.45) is 16.5. The molecule has 0 fully saturated rings. The van der Waals surface area contributed by atoms with Gasteiger partial charge >= 0.3 is 10.4 Å². The molecule has 0 aliphatic carbocycles. The second kappa shape index (κ2) is 19.6. The number of hydrogen-bond donors (Lipinski definition) is 2. The fourth-order valence-corrected chi connectivity index (χ4v) is 2.68. The van der Waals surface area contributed by atoms with Gasteiger partial charge in [-0.3, -0.25) is 9.11 Å². The molecule has 0 atom stereocenters. The van der Waals surface area contributed by atoms with Gasteiger partial charge in [-0.15, -0.1) is 0 Å². The van der Waals surface area contributed by atoms with E-state index in [2.05, 4.69) is 27.7 Å². The van der Waals surface area contributed by atoms with Crippen LogP contribution in [0.2, 0.25) is 0 Å². The third-order valence-corrected chi connectivity index (χ3v) is 4.14. The van der Waals surface area contributed by atoms with Gasteiger partial charge in [-0.25, -0.2) is 0 Å². The first-order valence-corrected chi connectivity index (χ1v) is 11.8. The van der Waals surface area contributed by atoms with Crippen LogP contribution in [0.1, 0.15) is 105 Å². The summed E-state index contributed by atoms with van der Waals surface area (Å²) in [7, 11) is -4.67. The summed E-state index contributed by atoms with van der Waals surface area (Å²) >= 11 is 0. The van der Waals surface area contributed by atoms with E-state index in [1.54, 1.807) is 0 Å². The van der Waals surface area contributed by atoms with E-state index in [-0.39, 0.29) is 0 Å². The molecule has 0 saturated carbocycles. The molecule has 5 nitrogen and oxygen atoms in total. The molecule has 0 radical (unpaired) electrons. The fraction of sp³-hybridized carbons (Fsp3) is 1.00. The molecule has 0 aromatic carbocycles.